The molecule has 1 aliphatic heterocycles. The monoisotopic (exact) mass is 392 g/mol. The van der Waals surface area contributed by atoms with E-state index < -0.39 is 11.8 Å². The summed E-state index contributed by atoms with van der Waals surface area (Å²) in [6.45, 7) is 18.3. The maximum atomic E-state index is 12.7. The Balaban J connectivity index is 2.78. The summed E-state index contributed by atoms with van der Waals surface area (Å²) < 4.78 is 0. The molecule has 0 bridgehead atoms. The Morgan fingerprint density at radius 1 is 0.786 bits per heavy atom. The first-order valence-corrected chi connectivity index (χ1v) is 9.42. The minimum absolute atomic E-state index is 0.285. The fraction of sp³-hybridized carbons (Fsp3) is 0.600. The average Bonchev–Trinajstić information content (AvgIpc) is 2.62. The van der Waals surface area contributed by atoms with Crippen molar-refractivity contribution in [1.82, 2.24) is 20.4 Å². The molecule has 1 aliphatic rings. The molecule has 0 aromatic rings. The molecule has 0 aromatic heterocycles. The molecule has 1 saturated heterocycles. The van der Waals surface area contributed by atoms with Crippen LogP contribution in [0.3, 0.4) is 0 Å². The van der Waals surface area contributed by atoms with Gasteiger partial charge in [0.2, 0.25) is 11.8 Å². The van der Waals surface area contributed by atoms with Gasteiger partial charge in [-0.05, 0) is 41.5 Å². The van der Waals surface area contributed by atoms with Gasteiger partial charge in [-0.25, -0.2) is 0 Å². The minimum Gasteiger partial charge on any atom is -0.348 e. The fourth-order valence-corrected chi connectivity index (χ4v) is 2.88. The Hall–Kier alpha value is -2.64. The van der Waals surface area contributed by atoms with Gasteiger partial charge in [0.15, 0.2) is 0 Å². The van der Waals surface area contributed by atoms with Gasteiger partial charge in [-0.1, -0.05) is 13.2 Å². The number of nitrogens with zero attached hydrogens (tertiary/aromatic N) is 2. The lowest BCUT2D eigenvalue weighted by Gasteiger charge is -2.42. The Bertz CT molecular complexity index is 630. The highest BCUT2D eigenvalue weighted by atomic mass is 16.2. The first kappa shape index (κ1) is 23.4. The van der Waals surface area contributed by atoms with Gasteiger partial charge in [-0.3, -0.25) is 19.2 Å². The molecule has 156 valence electrons. The highest BCUT2D eigenvalue weighted by Gasteiger charge is 2.39. The van der Waals surface area contributed by atoms with E-state index in [-0.39, 0.29) is 36.0 Å². The highest BCUT2D eigenvalue weighted by molar-refractivity contribution is 6.35. The summed E-state index contributed by atoms with van der Waals surface area (Å²) in [7, 11) is 0. The highest BCUT2D eigenvalue weighted by Crippen LogP contribution is 2.16. The summed E-state index contributed by atoms with van der Waals surface area (Å²) >= 11 is 0. The third kappa shape index (κ3) is 5.43. The van der Waals surface area contributed by atoms with E-state index >= 15 is 0 Å². The molecule has 0 saturated carbocycles. The number of hydrogen-bond donors (Lipinski definition) is 2. The molecule has 1 fully saturated rings. The minimum atomic E-state index is -0.611. The molecule has 28 heavy (non-hydrogen) atoms. The lowest BCUT2D eigenvalue weighted by atomic mass is 10.0. The van der Waals surface area contributed by atoms with Crippen LogP contribution in [-0.4, -0.2) is 70.7 Å². The largest absolute Gasteiger partial charge is 0.348 e. The summed E-state index contributed by atoms with van der Waals surface area (Å²) in [5.74, 6) is -1.79. The molecule has 0 radical (unpaired) electrons. The molecule has 8 heteroatoms. The van der Waals surface area contributed by atoms with Crippen LogP contribution >= 0.6 is 0 Å². The van der Waals surface area contributed by atoms with Gasteiger partial charge in [-0.15, -0.1) is 0 Å². The van der Waals surface area contributed by atoms with E-state index in [9.17, 15) is 19.2 Å². The van der Waals surface area contributed by atoms with E-state index in [1.807, 2.05) is 0 Å². The first-order chi connectivity index (χ1) is 12.9. The van der Waals surface area contributed by atoms with Crippen LogP contribution in [-0.2, 0) is 19.2 Å². The summed E-state index contributed by atoms with van der Waals surface area (Å²) in [6, 6.07) is -1.37. The predicted molar refractivity (Wildman–Crippen MR) is 107 cm³/mol. The van der Waals surface area contributed by atoms with Crippen LogP contribution in [0.15, 0.2) is 24.3 Å². The normalized spacial score (nSPS) is 18.8. The number of piperazine rings is 1. The van der Waals surface area contributed by atoms with Crippen LogP contribution in [0.2, 0.25) is 0 Å². The maximum Gasteiger partial charge on any atom is 0.312 e. The van der Waals surface area contributed by atoms with Crippen LogP contribution in [0.25, 0.3) is 0 Å². The zero-order valence-corrected chi connectivity index (χ0v) is 17.7. The molecule has 1 rings (SSSR count). The van der Waals surface area contributed by atoms with E-state index in [0.29, 0.717) is 24.2 Å². The second-order valence-electron chi connectivity index (χ2n) is 7.56. The van der Waals surface area contributed by atoms with Gasteiger partial charge in [0, 0.05) is 48.4 Å². The molecule has 4 atom stereocenters. The van der Waals surface area contributed by atoms with Crippen LogP contribution < -0.4 is 10.6 Å². The molecule has 1 heterocycles. The van der Waals surface area contributed by atoms with E-state index in [1.165, 1.54) is 9.80 Å². The zero-order chi connectivity index (χ0) is 21.8. The van der Waals surface area contributed by atoms with Crippen LogP contribution in [0.1, 0.15) is 41.5 Å². The van der Waals surface area contributed by atoms with Crippen LogP contribution in [0.4, 0.5) is 0 Å². The van der Waals surface area contributed by atoms with Gasteiger partial charge in [0.25, 0.3) is 0 Å². The second-order valence-corrected chi connectivity index (χ2v) is 7.56. The van der Waals surface area contributed by atoms with Gasteiger partial charge < -0.3 is 20.4 Å². The number of rotatable bonds is 8. The predicted octanol–water partition coefficient (Wildman–Crippen LogP) is 0.596. The average molecular weight is 393 g/mol. The van der Waals surface area contributed by atoms with E-state index in [0.717, 1.165) is 0 Å². The maximum absolute atomic E-state index is 12.7. The standard InChI is InChI=1S/C20H32N4O4/c1-11(2)17(25)21-13(5)15(7)23-9-10-24(20(28)19(23)27)16(8)14(6)22-18(26)12(3)4/h13-16H,1,3,9-10H2,2,4-8H3,(H,21,25)(H,22,26). The number of carbonyl (C=O) groups is 4. The fourth-order valence-electron chi connectivity index (χ4n) is 2.88. The summed E-state index contributed by atoms with van der Waals surface area (Å²) in [4.78, 5) is 51.9. The van der Waals surface area contributed by atoms with Crippen molar-refractivity contribution >= 4 is 23.6 Å². The van der Waals surface area contributed by atoms with Gasteiger partial charge in [-0.2, -0.15) is 0 Å². The third-order valence-corrected chi connectivity index (χ3v) is 5.21. The van der Waals surface area contributed by atoms with Crippen molar-refractivity contribution in [3.8, 4) is 0 Å². The molecule has 0 aliphatic carbocycles. The Labute approximate surface area is 167 Å². The Morgan fingerprint density at radius 3 is 1.32 bits per heavy atom. The lowest BCUT2D eigenvalue weighted by Crippen LogP contribution is -2.64. The van der Waals surface area contributed by atoms with Crippen LogP contribution in [0.5, 0.6) is 0 Å². The van der Waals surface area contributed by atoms with Gasteiger partial charge >= 0.3 is 11.8 Å². The van der Waals surface area contributed by atoms with Gasteiger partial charge in [0.1, 0.15) is 0 Å². The number of carbonyl (C=O) groups excluding carboxylic acids is 4. The van der Waals surface area contributed by atoms with Gasteiger partial charge in [0.05, 0.1) is 0 Å². The van der Waals surface area contributed by atoms with E-state index in [4.69, 9.17) is 0 Å². The van der Waals surface area contributed by atoms with Crippen molar-refractivity contribution in [1.29, 1.82) is 0 Å². The molecule has 4 unspecified atom stereocenters. The van der Waals surface area contributed by atoms with Crippen molar-refractivity contribution < 1.29 is 19.2 Å². The number of hydrogen-bond acceptors (Lipinski definition) is 4. The molecular weight excluding hydrogens is 360 g/mol. The van der Waals surface area contributed by atoms with Crippen molar-refractivity contribution in [3.63, 3.8) is 0 Å². The van der Waals surface area contributed by atoms with Crippen LogP contribution in [0, 0.1) is 0 Å². The Morgan fingerprint density at radius 2 is 1.07 bits per heavy atom. The Kier molecular flexibility index (Phi) is 7.96. The molecular formula is C20H32N4O4. The third-order valence-electron chi connectivity index (χ3n) is 5.21. The van der Waals surface area contributed by atoms with E-state index in [2.05, 4.69) is 23.8 Å². The summed E-state index contributed by atoms with van der Waals surface area (Å²) in [5.41, 5.74) is 0.761. The second kappa shape index (κ2) is 9.52. The molecule has 4 amide bonds. The van der Waals surface area contributed by atoms with Crippen molar-refractivity contribution in [2.45, 2.75) is 65.7 Å². The summed E-state index contributed by atoms with van der Waals surface area (Å²) in [5, 5.41) is 5.57. The quantitative estimate of drug-likeness (QED) is 0.467. The molecule has 8 nitrogen and oxygen atoms in total. The van der Waals surface area contributed by atoms with Crippen molar-refractivity contribution in [2.75, 3.05) is 13.1 Å². The zero-order valence-electron chi connectivity index (χ0n) is 17.7. The lowest BCUT2D eigenvalue weighted by molar-refractivity contribution is -0.160. The number of amides is 4. The van der Waals surface area contributed by atoms with Crippen molar-refractivity contribution in [3.05, 3.63) is 24.3 Å². The molecule has 0 aromatic carbocycles. The number of nitrogens with one attached hydrogen (secondary N) is 2. The van der Waals surface area contributed by atoms with Crippen molar-refractivity contribution in [2.24, 2.45) is 0 Å². The SMILES string of the molecule is C=C(C)C(=O)NC(C)C(C)N1CCN(C(C)C(C)NC(=O)C(=C)C)C(=O)C1=O. The first-order valence-electron chi connectivity index (χ1n) is 9.42. The topological polar surface area (TPSA) is 98.8 Å². The van der Waals surface area contributed by atoms with E-state index in [1.54, 1.807) is 41.5 Å². The molecule has 2 N–H and O–H groups in total. The molecule has 0 spiro atoms. The summed E-state index contributed by atoms with van der Waals surface area (Å²) in [6.07, 6.45) is 0. The smallest absolute Gasteiger partial charge is 0.312 e.